The van der Waals surface area contributed by atoms with E-state index in [2.05, 4.69) is 16.4 Å². The lowest BCUT2D eigenvalue weighted by Crippen LogP contribution is -2.45. The number of hydrogen-bond acceptors (Lipinski definition) is 2. The average molecular weight is 339 g/mol. The summed E-state index contributed by atoms with van der Waals surface area (Å²) >= 11 is 0. The molecule has 0 bridgehead atoms. The van der Waals surface area contributed by atoms with Crippen LogP contribution in [0.15, 0.2) is 30.5 Å². The van der Waals surface area contributed by atoms with E-state index in [1.807, 2.05) is 29.3 Å². The molecule has 0 radical (unpaired) electrons. The number of aromatic amines is 1. The molecule has 2 aliphatic rings. The number of rotatable bonds is 5. The molecule has 2 heterocycles. The lowest BCUT2D eigenvalue weighted by Gasteiger charge is -2.32. The van der Waals surface area contributed by atoms with Crippen molar-refractivity contribution >= 4 is 22.7 Å². The summed E-state index contributed by atoms with van der Waals surface area (Å²) in [7, 11) is 0. The van der Waals surface area contributed by atoms with Crippen LogP contribution in [0.4, 0.5) is 0 Å². The van der Waals surface area contributed by atoms with Crippen molar-refractivity contribution in [2.45, 2.75) is 44.6 Å². The summed E-state index contributed by atoms with van der Waals surface area (Å²) in [5, 5.41) is 4.27. The van der Waals surface area contributed by atoms with Crippen molar-refractivity contribution in [1.29, 1.82) is 0 Å². The molecule has 2 N–H and O–H groups in total. The van der Waals surface area contributed by atoms with E-state index in [0.717, 1.165) is 44.2 Å². The number of piperidine rings is 1. The van der Waals surface area contributed by atoms with E-state index in [1.165, 1.54) is 10.9 Å². The average Bonchev–Trinajstić information content (AvgIpc) is 3.37. The number of aryl methyl sites for hydroxylation is 1. The third-order valence-electron chi connectivity index (χ3n) is 5.35. The highest BCUT2D eigenvalue weighted by Gasteiger charge is 2.31. The Balaban J connectivity index is 1.33. The SMILES string of the molecule is O=C(NC1CC1)C1CCCN(C(=O)CCc2c[nH]c3ccccc23)C1. The van der Waals surface area contributed by atoms with Gasteiger partial charge in [-0.05, 0) is 43.7 Å². The summed E-state index contributed by atoms with van der Waals surface area (Å²) in [4.78, 5) is 30.0. The Kier molecular flexibility index (Phi) is 4.47. The first-order chi connectivity index (χ1) is 12.2. The molecule has 1 aliphatic carbocycles. The fraction of sp³-hybridized carbons (Fsp3) is 0.500. The second-order valence-electron chi connectivity index (χ2n) is 7.32. The second kappa shape index (κ2) is 6.90. The minimum atomic E-state index is -0.0358. The summed E-state index contributed by atoms with van der Waals surface area (Å²) in [5.74, 6) is 0.261. The first kappa shape index (κ1) is 16.2. The first-order valence-corrected chi connectivity index (χ1v) is 9.34. The van der Waals surface area contributed by atoms with Crippen molar-refractivity contribution in [2.24, 2.45) is 5.92 Å². The maximum absolute atomic E-state index is 12.6. The molecule has 2 fully saturated rings. The van der Waals surface area contributed by atoms with Gasteiger partial charge < -0.3 is 15.2 Å². The zero-order chi connectivity index (χ0) is 17.2. The van der Waals surface area contributed by atoms with Gasteiger partial charge in [-0.2, -0.15) is 0 Å². The predicted molar refractivity (Wildman–Crippen MR) is 97.1 cm³/mol. The van der Waals surface area contributed by atoms with Gasteiger partial charge in [0, 0.05) is 42.7 Å². The van der Waals surface area contributed by atoms with Gasteiger partial charge in [0.1, 0.15) is 0 Å². The van der Waals surface area contributed by atoms with Crippen LogP contribution in [0.5, 0.6) is 0 Å². The van der Waals surface area contributed by atoms with E-state index >= 15 is 0 Å². The van der Waals surface area contributed by atoms with Gasteiger partial charge in [0.25, 0.3) is 0 Å². The van der Waals surface area contributed by atoms with E-state index in [-0.39, 0.29) is 17.7 Å². The monoisotopic (exact) mass is 339 g/mol. The molecule has 1 atom stereocenters. The number of H-pyrrole nitrogens is 1. The number of para-hydroxylation sites is 1. The van der Waals surface area contributed by atoms with Crippen LogP contribution in [0.25, 0.3) is 10.9 Å². The van der Waals surface area contributed by atoms with E-state index in [4.69, 9.17) is 0 Å². The maximum Gasteiger partial charge on any atom is 0.225 e. The van der Waals surface area contributed by atoms with E-state index in [0.29, 0.717) is 19.0 Å². The van der Waals surface area contributed by atoms with Crippen LogP contribution in [0, 0.1) is 5.92 Å². The van der Waals surface area contributed by atoms with Gasteiger partial charge in [-0.25, -0.2) is 0 Å². The topological polar surface area (TPSA) is 65.2 Å². The third-order valence-corrected chi connectivity index (χ3v) is 5.35. The Morgan fingerprint density at radius 2 is 2.04 bits per heavy atom. The number of amides is 2. The minimum absolute atomic E-state index is 0.0358. The Hall–Kier alpha value is -2.30. The van der Waals surface area contributed by atoms with Crippen molar-refractivity contribution in [1.82, 2.24) is 15.2 Å². The molecule has 132 valence electrons. The molecule has 2 amide bonds. The Morgan fingerprint density at radius 1 is 1.20 bits per heavy atom. The minimum Gasteiger partial charge on any atom is -0.361 e. The van der Waals surface area contributed by atoms with Gasteiger partial charge in [0.15, 0.2) is 0 Å². The summed E-state index contributed by atoms with van der Waals surface area (Å²) in [6.45, 7) is 1.35. The second-order valence-corrected chi connectivity index (χ2v) is 7.32. The lowest BCUT2D eigenvalue weighted by atomic mass is 9.96. The van der Waals surface area contributed by atoms with Gasteiger partial charge in [0.2, 0.25) is 11.8 Å². The summed E-state index contributed by atoms with van der Waals surface area (Å²) in [5.41, 5.74) is 2.30. The zero-order valence-electron chi connectivity index (χ0n) is 14.5. The Bertz CT molecular complexity index is 778. The smallest absolute Gasteiger partial charge is 0.225 e. The molecular weight excluding hydrogens is 314 g/mol. The molecule has 25 heavy (non-hydrogen) atoms. The fourth-order valence-corrected chi connectivity index (χ4v) is 3.70. The molecule has 5 nitrogen and oxygen atoms in total. The van der Waals surface area contributed by atoms with E-state index < -0.39 is 0 Å². The van der Waals surface area contributed by atoms with Gasteiger partial charge in [-0.15, -0.1) is 0 Å². The molecule has 4 rings (SSSR count). The summed E-state index contributed by atoms with van der Waals surface area (Å²) in [6, 6.07) is 8.56. The number of aromatic nitrogens is 1. The number of nitrogens with one attached hydrogen (secondary N) is 2. The molecule has 1 aromatic heterocycles. The normalized spacial score (nSPS) is 20.6. The summed E-state index contributed by atoms with van der Waals surface area (Å²) in [6.07, 6.45) is 7.25. The first-order valence-electron chi connectivity index (χ1n) is 9.34. The molecule has 0 spiro atoms. The van der Waals surface area contributed by atoms with Crippen LogP contribution in [-0.2, 0) is 16.0 Å². The Labute approximate surface area is 147 Å². The summed E-state index contributed by atoms with van der Waals surface area (Å²) < 4.78 is 0. The highest BCUT2D eigenvalue weighted by Crippen LogP contribution is 2.23. The van der Waals surface area contributed by atoms with Crippen molar-refractivity contribution in [3.63, 3.8) is 0 Å². The molecule has 1 aliphatic heterocycles. The van der Waals surface area contributed by atoms with Crippen molar-refractivity contribution < 1.29 is 9.59 Å². The number of benzene rings is 1. The van der Waals surface area contributed by atoms with Crippen LogP contribution in [0.1, 0.15) is 37.7 Å². The quantitative estimate of drug-likeness (QED) is 0.879. The molecule has 1 unspecified atom stereocenters. The molecule has 2 aromatic rings. The highest BCUT2D eigenvalue weighted by atomic mass is 16.2. The van der Waals surface area contributed by atoms with Gasteiger partial charge in [-0.3, -0.25) is 9.59 Å². The maximum atomic E-state index is 12.6. The largest absolute Gasteiger partial charge is 0.361 e. The van der Waals surface area contributed by atoms with Crippen molar-refractivity contribution in [2.75, 3.05) is 13.1 Å². The number of carbonyl (C=O) groups excluding carboxylic acids is 2. The molecule has 5 heteroatoms. The van der Waals surface area contributed by atoms with E-state index in [9.17, 15) is 9.59 Å². The van der Waals surface area contributed by atoms with Crippen molar-refractivity contribution in [3.8, 4) is 0 Å². The number of carbonyl (C=O) groups is 2. The molecule has 1 saturated heterocycles. The molecule has 1 saturated carbocycles. The molecule has 1 aromatic carbocycles. The van der Waals surface area contributed by atoms with Crippen LogP contribution >= 0.6 is 0 Å². The zero-order valence-corrected chi connectivity index (χ0v) is 14.5. The van der Waals surface area contributed by atoms with Crippen LogP contribution in [0.2, 0.25) is 0 Å². The third kappa shape index (κ3) is 3.70. The highest BCUT2D eigenvalue weighted by molar-refractivity contribution is 5.85. The van der Waals surface area contributed by atoms with Gasteiger partial charge >= 0.3 is 0 Å². The van der Waals surface area contributed by atoms with Crippen LogP contribution in [-0.4, -0.2) is 40.8 Å². The standard InChI is InChI=1S/C20H25N3O2/c24-19(10-7-14-12-21-18-6-2-1-5-17(14)18)23-11-3-4-15(13-23)20(25)22-16-8-9-16/h1-2,5-6,12,15-16,21H,3-4,7-11,13H2,(H,22,25). The number of fused-ring (bicyclic) bond motifs is 1. The van der Waals surface area contributed by atoms with Crippen LogP contribution < -0.4 is 5.32 Å². The number of hydrogen-bond donors (Lipinski definition) is 2. The van der Waals surface area contributed by atoms with Crippen molar-refractivity contribution in [3.05, 3.63) is 36.0 Å². The van der Waals surface area contributed by atoms with Gasteiger partial charge in [-0.1, -0.05) is 18.2 Å². The molecular formula is C20H25N3O2. The predicted octanol–water partition coefficient (Wildman–Crippen LogP) is 2.62. The number of likely N-dealkylation sites (tertiary alicyclic amines) is 1. The Morgan fingerprint density at radius 3 is 2.88 bits per heavy atom. The number of nitrogens with zero attached hydrogens (tertiary/aromatic N) is 1. The lowest BCUT2D eigenvalue weighted by molar-refractivity contribution is -0.135. The van der Waals surface area contributed by atoms with Crippen LogP contribution in [0.3, 0.4) is 0 Å². The fourth-order valence-electron chi connectivity index (χ4n) is 3.70. The van der Waals surface area contributed by atoms with Gasteiger partial charge in [0.05, 0.1) is 5.92 Å². The van der Waals surface area contributed by atoms with E-state index in [1.54, 1.807) is 0 Å².